The topological polar surface area (TPSA) is 51.1 Å². The Hall–Kier alpha value is -1.75. The van der Waals surface area contributed by atoms with E-state index in [2.05, 4.69) is 16.8 Å². The molecule has 0 fully saturated rings. The van der Waals surface area contributed by atoms with Crippen molar-refractivity contribution >= 4 is 27.9 Å². The summed E-state index contributed by atoms with van der Waals surface area (Å²) in [5, 5.41) is 3.58. The number of benzene rings is 1. The number of nitrogens with one attached hydrogen (secondary N) is 1. The van der Waals surface area contributed by atoms with E-state index in [1.807, 2.05) is 31.2 Å². The van der Waals surface area contributed by atoms with Crippen LogP contribution in [0, 0.1) is 6.92 Å². The van der Waals surface area contributed by atoms with Crippen LogP contribution >= 0.6 is 11.8 Å². The minimum atomic E-state index is -0.0608. The summed E-state index contributed by atoms with van der Waals surface area (Å²) in [5.74, 6) is 0. The average molecular weight is 361 g/mol. The molecule has 1 aromatic carbocycles. The van der Waals surface area contributed by atoms with Crippen LogP contribution in [0.1, 0.15) is 50.3 Å². The minimum absolute atomic E-state index is 0.0608. The van der Waals surface area contributed by atoms with Gasteiger partial charge in [0.2, 0.25) is 0 Å². The lowest BCUT2D eigenvalue weighted by atomic mass is 10.0. The Labute approximate surface area is 154 Å². The fourth-order valence-corrected chi connectivity index (χ4v) is 3.41. The van der Waals surface area contributed by atoms with Crippen LogP contribution in [0.15, 0.2) is 29.1 Å². The summed E-state index contributed by atoms with van der Waals surface area (Å²) in [6.45, 7) is 4.51. The average Bonchev–Trinajstić information content (AvgIpc) is 2.64. The number of para-hydroxylation sites is 1. The first-order valence-electron chi connectivity index (χ1n) is 9.03. The molecule has 1 aromatic heterocycles. The molecule has 0 saturated carbocycles. The van der Waals surface area contributed by atoms with E-state index in [0.717, 1.165) is 41.4 Å². The molecule has 0 aliphatic heterocycles. The quantitative estimate of drug-likeness (QED) is 0.685. The van der Waals surface area contributed by atoms with E-state index in [9.17, 15) is 9.59 Å². The second-order valence-corrected chi connectivity index (χ2v) is 7.12. The zero-order valence-corrected chi connectivity index (χ0v) is 16.2. The molecule has 0 atom stereocenters. The van der Waals surface area contributed by atoms with E-state index in [1.54, 1.807) is 6.26 Å². The van der Waals surface area contributed by atoms with Gasteiger partial charge < -0.3 is 9.88 Å². The van der Waals surface area contributed by atoms with Gasteiger partial charge in [-0.15, -0.1) is 0 Å². The molecule has 0 spiro atoms. The zero-order valence-electron chi connectivity index (χ0n) is 15.4. The lowest BCUT2D eigenvalue weighted by Crippen LogP contribution is -2.27. The summed E-state index contributed by atoms with van der Waals surface area (Å²) in [7, 11) is 0. The molecule has 5 heteroatoms. The van der Waals surface area contributed by atoms with Crippen molar-refractivity contribution in [1.82, 2.24) is 9.88 Å². The summed E-state index contributed by atoms with van der Waals surface area (Å²) in [6.07, 6.45) is 8.58. The van der Waals surface area contributed by atoms with Gasteiger partial charge in [0.25, 0.3) is 5.24 Å². The van der Waals surface area contributed by atoms with Crippen LogP contribution in [-0.4, -0.2) is 16.1 Å². The number of aromatic nitrogens is 1. The maximum absolute atomic E-state index is 12.7. The Morgan fingerprint density at radius 3 is 2.60 bits per heavy atom. The number of nitrogens with zero attached hydrogens (tertiary/aromatic N) is 1. The van der Waals surface area contributed by atoms with Crippen molar-refractivity contribution in [1.29, 1.82) is 0 Å². The van der Waals surface area contributed by atoms with Gasteiger partial charge >= 0.3 is 0 Å². The van der Waals surface area contributed by atoms with Crippen molar-refractivity contribution in [3.63, 3.8) is 0 Å². The molecule has 0 saturated heterocycles. The minimum Gasteiger partial charge on any atom is -0.329 e. The molecule has 1 heterocycles. The fourth-order valence-electron chi connectivity index (χ4n) is 3.20. The number of hydrogen-bond acceptors (Lipinski definition) is 3. The van der Waals surface area contributed by atoms with E-state index in [1.165, 1.54) is 25.7 Å². The normalized spacial score (nSPS) is 11.0. The standard InChI is InChI=1S/C20H28N2O2S/c1-4-5-6-7-8-12-17-15(2)19(23)16-11-9-10-13-18(16)22(17)14-21-20(24)25-3/h9-11,13H,4-8,12,14H2,1-3H3,(H,21,24). The third-order valence-electron chi connectivity index (χ3n) is 4.62. The van der Waals surface area contributed by atoms with Crippen molar-refractivity contribution in [3.8, 4) is 0 Å². The molecule has 0 radical (unpaired) electrons. The molecular weight excluding hydrogens is 332 g/mol. The van der Waals surface area contributed by atoms with Crippen LogP contribution in [0.3, 0.4) is 0 Å². The first kappa shape index (κ1) is 19.6. The Morgan fingerprint density at radius 2 is 1.88 bits per heavy atom. The Kier molecular flexibility index (Phi) is 7.56. The lowest BCUT2D eigenvalue weighted by Gasteiger charge is -2.19. The molecule has 1 amide bonds. The predicted molar refractivity (Wildman–Crippen MR) is 107 cm³/mol. The SMILES string of the molecule is CCCCCCCc1c(C)c(=O)c2ccccc2n1CNC(=O)SC. The van der Waals surface area contributed by atoms with Crippen LogP contribution in [0.5, 0.6) is 0 Å². The van der Waals surface area contributed by atoms with Gasteiger partial charge in [-0.3, -0.25) is 9.59 Å². The number of carbonyl (C=O) groups is 1. The largest absolute Gasteiger partial charge is 0.329 e. The molecule has 0 aliphatic carbocycles. The molecule has 0 aliphatic rings. The number of carbonyl (C=O) groups excluding carboxylic acids is 1. The maximum Gasteiger partial charge on any atom is 0.280 e. The number of fused-ring (bicyclic) bond motifs is 1. The Balaban J connectivity index is 2.37. The third kappa shape index (κ3) is 4.88. The first-order valence-corrected chi connectivity index (χ1v) is 10.3. The summed E-state index contributed by atoms with van der Waals surface area (Å²) >= 11 is 1.16. The summed E-state index contributed by atoms with van der Waals surface area (Å²) < 4.78 is 2.10. The lowest BCUT2D eigenvalue weighted by molar-refractivity contribution is 0.258. The third-order valence-corrected chi connectivity index (χ3v) is 5.14. The number of amides is 1. The summed E-state index contributed by atoms with van der Waals surface area (Å²) in [4.78, 5) is 24.4. The van der Waals surface area contributed by atoms with Crippen LogP contribution < -0.4 is 10.7 Å². The van der Waals surface area contributed by atoms with Crippen LogP contribution in [-0.2, 0) is 13.1 Å². The predicted octanol–water partition coefficient (Wildman–Crippen LogP) is 4.85. The van der Waals surface area contributed by atoms with Crippen LogP contribution in [0.4, 0.5) is 4.79 Å². The van der Waals surface area contributed by atoms with Crippen molar-refractivity contribution in [2.45, 2.75) is 59.0 Å². The number of pyridine rings is 1. The number of unbranched alkanes of at least 4 members (excludes halogenated alkanes) is 4. The smallest absolute Gasteiger partial charge is 0.280 e. The van der Waals surface area contributed by atoms with Gasteiger partial charge in [-0.2, -0.15) is 0 Å². The Bertz CT molecular complexity index is 783. The molecule has 1 N–H and O–H groups in total. The highest BCUT2D eigenvalue weighted by atomic mass is 32.2. The number of thioether (sulfide) groups is 1. The molecule has 2 rings (SSSR count). The van der Waals surface area contributed by atoms with Gasteiger partial charge in [-0.25, -0.2) is 0 Å². The summed E-state index contributed by atoms with van der Waals surface area (Å²) in [5.41, 5.74) is 2.84. The number of hydrogen-bond donors (Lipinski definition) is 1. The van der Waals surface area contributed by atoms with Gasteiger partial charge in [0.05, 0.1) is 12.2 Å². The highest BCUT2D eigenvalue weighted by molar-refractivity contribution is 8.12. The van der Waals surface area contributed by atoms with Gasteiger partial charge in [0.1, 0.15) is 0 Å². The van der Waals surface area contributed by atoms with Crippen LogP contribution in [0.2, 0.25) is 0 Å². The summed E-state index contributed by atoms with van der Waals surface area (Å²) in [6, 6.07) is 7.65. The monoisotopic (exact) mass is 360 g/mol. The van der Waals surface area contributed by atoms with E-state index in [-0.39, 0.29) is 10.7 Å². The molecular formula is C20H28N2O2S. The first-order chi connectivity index (χ1) is 12.1. The molecule has 0 unspecified atom stereocenters. The van der Waals surface area contributed by atoms with Gasteiger partial charge in [0.15, 0.2) is 5.43 Å². The van der Waals surface area contributed by atoms with Gasteiger partial charge in [0, 0.05) is 16.6 Å². The van der Waals surface area contributed by atoms with Crippen molar-refractivity contribution in [2.24, 2.45) is 0 Å². The fraction of sp³-hybridized carbons (Fsp3) is 0.500. The maximum atomic E-state index is 12.7. The molecule has 2 aromatic rings. The van der Waals surface area contributed by atoms with Gasteiger partial charge in [-0.1, -0.05) is 56.5 Å². The second-order valence-electron chi connectivity index (χ2n) is 6.34. The van der Waals surface area contributed by atoms with Gasteiger partial charge in [-0.05, 0) is 38.2 Å². The van der Waals surface area contributed by atoms with Crippen molar-refractivity contribution in [2.75, 3.05) is 6.26 Å². The zero-order chi connectivity index (χ0) is 18.2. The van der Waals surface area contributed by atoms with E-state index in [0.29, 0.717) is 12.1 Å². The number of rotatable bonds is 8. The molecule has 136 valence electrons. The van der Waals surface area contributed by atoms with Crippen molar-refractivity contribution in [3.05, 3.63) is 45.7 Å². The van der Waals surface area contributed by atoms with E-state index >= 15 is 0 Å². The Morgan fingerprint density at radius 1 is 1.16 bits per heavy atom. The van der Waals surface area contributed by atoms with Crippen molar-refractivity contribution < 1.29 is 4.79 Å². The van der Waals surface area contributed by atoms with E-state index < -0.39 is 0 Å². The second kappa shape index (κ2) is 9.66. The highest BCUT2D eigenvalue weighted by Gasteiger charge is 2.14. The molecule has 4 nitrogen and oxygen atoms in total. The van der Waals surface area contributed by atoms with E-state index in [4.69, 9.17) is 0 Å². The highest BCUT2D eigenvalue weighted by Crippen LogP contribution is 2.18. The molecule has 25 heavy (non-hydrogen) atoms. The van der Waals surface area contributed by atoms with Crippen LogP contribution in [0.25, 0.3) is 10.9 Å². The molecule has 0 bridgehead atoms.